The number of imidazole rings is 1. The molecule has 0 spiro atoms. The third-order valence-electron chi connectivity index (χ3n) is 8.39. The predicted octanol–water partition coefficient (Wildman–Crippen LogP) is 4.73. The molecule has 11 heteroatoms. The number of likely N-dealkylation sites (tertiary alicyclic amines) is 1. The van der Waals surface area contributed by atoms with Crippen molar-refractivity contribution in [2.24, 2.45) is 11.8 Å². The molecule has 0 radical (unpaired) electrons. The van der Waals surface area contributed by atoms with Crippen molar-refractivity contribution in [2.45, 2.75) is 78.9 Å². The second-order valence-corrected chi connectivity index (χ2v) is 13.8. The highest BCUT2D eigenvalue weighted by molar-refractivity contribution is 5.94. The van der Waals surface area contributed by atoms with E-state index >= 15 is 0 Å². The number of carbonyl (C=O) groups is 3. The zero-order valence-corrected chi connectivity index (χ0v) is 28.8. The van der Waals surface area contributed by atoms with Crippen LogP contribution in [0.4, 0.5) is 4.79 Å². The van der Waals surface area contributed by atoms with E-state index in [0.29, 0.717) is 58.0 Å². The molecule has 1 aromatic carbocycles. The number of nitrogens with zero attached hydrogens (tertiary/aromatic N) is 5. The van der Waals surface area contributed by atoms with Crippen molar-refractivity contribution in [3.8, 4) is 5.69 Å². The maximum Gasteiger partial charge on any atom is 0.410 e. The number of morpholine rings is 1. The van der Waals surface area contributed by atoms with Gasteiger partial charge in [0.05, 0.1) is 30.9 Å². The smallest absolute Gasteiger partial charge is 0.410 e. The molecule has 2 saturated heterocycles. The third kappa shape index (κ3) is 9.09. The molecule has 0 saturated carbocycles. The Labute approximate surface area is 274 Å². The van der Waals surface area contributed by atoms with E-state index in [4.69, 9.17) is 19.2 Å². The van der Waals surface area contributed by atoms with Gasteiger partial charge in [-0.1, -0.05) is 32.0 Å². The first-order valence-electron chi connectivity index (χ1n) is 16.7. The van der Waals surface area contributed by atoms with Crippen LogP contribution in [0.3, 0.4) is 0 Å². The highest BCUT2D eigenvalue weighted by Crippen LogP contribution is 2.29. The Morgan fingerprint density at radius 3 is 2.37 bits per heavy atom. The van der Waals surface area contributed by atoms with E-state index in [0.717, 1.165) is 30.0 Å². The van der Waals surface area contributed by atoms with Crippen molar-refractivity contribution in [3.05, 3.63) is 47.5 Å². The summed E-state index contributed by atoms with van der Waals surface area (Å²) < 4.78 is 18.6. The van der Waals surface area contributed by atoms with Gasteiger partial charge < -0.3 is 33.5 Å². The monoisotopic (exact) mass is 639 g/mol. The van der Waals surface area contributed by atoms with Gasteiger partial charge in [-0.3, -0.25) is 9.59 Å². The van der Waals surface area contributed by atoms with Crippen molar-refractivity contribution in [2.75, 3.05) is 59.7 Å². The van der Waals surface area contributed by atoms with Crippen LogP contribution in [0.15, 0.2) is 30.3 Å². The first-order valence-corrected chi connectivity index (χ1v) is 16.7. The molecule has 2 atom stereocenters. The molecule has 2 aliphatic rings. The molecule has 2 aromatic rings. The minimum Gasteiger partial charge on any atom is -0.444 e. The first kappa shape index (κ1) is 35.4. The van der Waals surface area contributed by atoms with Crippen molar-refractivity contribution in [1.82, 2.24) is 24.3 Å². The number of aryl methyl sites for hydroxylation is 1. The van der Waals surface area contributed by atoms with E-state index < -0.39 is 23.7 Å². The number of methoxy groups -OCH3 is 1. The summed E-state index contributed by atoms with van der Waals surface area (Å²) in [6.45, 7) is 15.2. The van der Waals surface area contributed by atoms with Gasteiger partial charge in [-0.05, 0) is 71.4 Å². The topological polar surface area (TPSA) is 106 Å². The van der Waals surface area contributed by atoms with E-state index in [1.54, 1.807) is 12.0 Å². The number of hydrogen-bond donors (Lipinski definition) is 0. The molecule has 3 amide bonds. The normalized spacial score (nSPS) is 19.0. The molecule has 2 fully saturated rings. The first-order chi connectivity index (χ1) is 21.9. The standard InChI is InChI=1S/C35H53N5O6/c1-25(2)22-39(33(42)31-30(15-11-12-18-44-7)40(26(3)36-31)28-13-9-8-10-14-28)29-21-27(32(41)37-16-19-45-20-17-37)23-38(24-29)34(43)46-35(4,5)6/h8-10,13-14,25,27,29H,11-12,15-24H2,1-7H3/t27-,29+/m1/s1. The molecule has 11 nitrogen and oxygen atoms in total. The second kappa shape index (κ2) is 15.9. The Morgan fingerprint density at radius 1 is 1.04 bits per heavy atom. The van der Waals surface area contributed by atoms with Crippen molar-refractivity contribution in [1.29, 1.82) is 0 Å². The number of carbonyl (C=O) groups excluding carboxylic acids is 3. The van der Waals surface area contributed by atoms with Gasteiger partial charge in [0.25, 0.3) is 5.91 Å². The van der Waals surface area contributed by atoms with Gasteiger partial charge in [0.1, 0.15) is 17.1 Å². The number of rotatable bonds is 11. The Morgan fingerprint density at radius 2 is 1.74 bits per heavy atom. The van der Waals surface area contributed by atoms with Gasteiger partial charge in [-0.25, -0.2) is 9.78 Å². The highest BCUT2D eigenvalue weighted by atomic mass is 16.6. The maximum absolute atomic E-state index is 14.7. The van der Waals surface area contributed by atoms with Crippen molar-refractivity contribution in [3.63, 3.8) is 0 Å². The lowest BCUT2D eigenvalue weighted by Gasteiger charge is -2.44. The summed E-state index contributed by atoms with van der Waals surface area (Å²) in [7, 11) is 1.69. The molecule has 1 aromatic heterocycles. The van der Waals surface area contributed by atoms with E-state index in [9.17, 15) is 14.4 Å². The predicted molar refractivity (Wildman–Crippen MR) is 176 cm³/mol. The van der Waals surface area contributed by atoms with Crippen LogP contribution in [0.5, 0.6) is 0 Å². The lowest BCUT2D eigenvalue weighted by atomic mass is 9.91. The summed E-state index contributed by atoms with van der Waals surface area (Å²) in [5, 5.41) is 0. The highest BCUT2D eigenvalue weighted by Gasteiger charge is 2.42. The van der Waals surface area contributed by atoms with Crippen molar-refractivity contribution >= 4 is 17.9 Å². The fourth-order valence-corrected chi connectivity index (χ4v) is 6.36. The maximum atomic E-state index is 14.7. The summed E-state index contributed by atoms with van der Waals surface area (Å²) in [6, 6.07) is 9.59. The minimum atomic E-state index is -0.694. The van der Waals surface area contributed by atoms with Gasteiger partial charge >= 0.3 is 6.09 Å². The number of para-hydroxylation sites is 1. The Balaban J connectivity index is 1.72. The van der Waals surface area contributed by atoms with E-state index in [2.05, 4.69) is 18.4 Å². The fourth-order valence-electron chi connectivity index (χ4n) is 6.36. The molecular formula is C35H53N5O6. The molecule has 0 bridgehead atoms. The molecule has 0 N–H and O–H groups in total. The largest absolute Gasteiger partial charge is 0.444 e. The average Bonchev–Trinajstić information content (AvgIpc) is 3.36. The number of hydrogen-bond acceptors (Lipinski definition) is 7. The summed E-state index contributed by atoms with van der Waals surface area (Å²) in [5.74, 6) is 0.226. The van der Waals surface area contributed by atoms with Crippen LogP contribution in [0, 0.1) is 18.8 Å². The zero-order chi connectivity index (χ0) is 33.4. The second-order valence-electron chi connectivity index (χ2n) is 13.8. The summed E-state index contributed by atoms with van der Waals surface area (Å²) >= 11 is 0. The molecule has 3 heterocycles. The van der Waals surface area contributed by atoms with Crippen molar-refractivity contribution < 1.29 is 28.6 Å². The molecular weight excluding hydrogens is 586 g/mol. The average molecular weight is 640 g/mol. The van der Waals surface area contributed by atoms with E-state index in [1.807, 2.05) is 67.8 Å². The summed E-state index contributed by atoms with van der Waals surface area (Å²) in [5.41, 5.74) is 1.54. The minimum absolute atomic E-state index is 0.0125. The van der Waals surface area contributed by atoms with Gasteiger partial charge in [-0.2, -0.15) is 0 Å². The van der Waals surface area contributed by atoms with Crippen LogP contribution in [0.25, 0.3) is 5.69 Å². The van der Waals surface area contributed by atoms with Crippen LogP contribution in [-0.2, 0) is 25.4 Å². The van der Waals surface area contributed by atoms with Crippen LogP contribution in [0.2, 0.25) is 0 Å². The molecule has 0 aliphatic carbocycles. The Kier molecular flexibility index (Phi) is 12.2. The fraction of sp³-hybridized carbons (Fsp3) is 0.657. The number of amides is 3. The molecule has 2 aliphatic heterocycles. The molecule has 46 heavy (non-hydrogen) atoms. The molecule has 254 valence electrons. The summed E-state index contributed by atoms with van der Waals surface area (Å²) in [6.07, 6.45) is 2.33. The van der Waals surface area contributed by atoms with Crippen LogP contribution in [0.1, 0.15) is 75.9 Å². The number of piperidine rings is 1. The van der Waals surface area contributed by atoms with Crippen LogP contribution in [-0.4, -0.2) is 113 Å². The number of unbranched alkanes of at least 4 members (excludes halogenated alkanes) is 1. The zero-order valence-electron chi connectivity index (χ0n) is 28.8. The number of benzene rings is 1. The lowest BCUT2D eigenvalue weighted by Crippen LogP contribution is -2.58. The Bertz CT molecular complexity index is 1310. The van der Waals surface area contributed by atoms with Gasteiger partial charge in [0.2, 0.25) is 5.91 Å². The quantitative estimate of drug-likeness (QED) is 0.327. The van der Waals surface area contributed by atoms with Crippen LogP contribution >= 0.6 is 0 Å². The molecule has 4 rings (SSSR count). The van der Waals surface area contributed by atoms with Gasteiger partial charge in [0.15, 0.2) is 0 Å². The number of ether oxygens (including phenoxy) is 3. The third-order valence-corrected chi connectivity index (χ3v) is 8.39. The van der Waals surface area contributed by atoms with E-state index in [1.165, 1.54) is 0 Å². The Hall–Kier alpha value is -3.44. The SMILES string of the molecule is COCCCCc1c(C(=O)N(CC(C)C)[C@H]2C[C@@H](C(=O)N3CCOCC3)CN(C(=O)OC(C)(C)C)C2)nc(C)n1-c1ccccc1. The van der Waals surface area contributed by atoms with E-state index in [-0.39, 0.29) is 30.8 Å². The number of aromatic nitrogens is 2. The lowest BCUT2D eigenvalue weighted by molar-refractivity contribution is -0.142. The molecule has 0 unspecified atom stereocenters. The van der Waals surface area contributed by atoms with Crippen LogP contribution < -0.4 is 0 Å². The summed E-state index contributed by atoms with van der Waals surface area (Å²) in [4.78, 5) is 52.2. The van der Waals surface area contributed by atoms with Gasteiger partial charge in [-0.15, -0.1) is 0 Å². The van der Waals surface area contributed by atoms with Gasteiger partial charge in [0, 0.05) is 52.1 Å².